The third-order valence-electron chi connectivity index (χ3n) is 5.90. The summed E-state index contributed by atoms with van der Waals surface area (Å²) in [5, 5.41) is 9.85. The van der Waals surface area contributed by atoms with Crippen molar-refractivity contribution in [2.75, 3.05) is 18.4 Å². The molecule has 11 heteroatoms. The molecule has 2 aromatic rings. The summed E-state index contributed by atoms with van der Waals surface area (Å²) in [5.74, 6) is -0.197. The lowest BCUT2D eigenvalue weighted by Gasteiger charge is -2.29. The van der Waals surface area contributed by atoms with Crippen molar-refractivity contribution >= 4 is 11.9 Å². The maximum atomic E-state index is 14.6. The van der Waals surface area contributed by atoms with Crippen molar-refractivity contribution < 1.29 is 27.1 Å². The average Bonchev–Trinajstić information content (AvgIpc) is 3.29. The second-order valence-corrected chi connectivity index (χ2v) is 7.72. The predicted octanol–water partition coefficient (Wildman–Crippen LogP) is 3.47. The third kappa shape index (κ3) is 3.03. The first-order valence-electron chi connectivity index (χ1n) is 9.83. The number of ether oxygens (including phenoxy) is 1. The van der Waals surface area contributed by atoms with Crippen LogP contribution in [0.3, 0.4) is 0 Å². The summed E-state index contributed by atoms with van der Waals surface area (Å²) in [6.07, 6.45) is -5.55. The number of nitrogens with one attached hydrogen (secondary N) is 2. The molecule has 1 fully saturated rings. The van der Waals surface area contributed by atoms with Crippen molar-refractivity contribution in [2.24, 2.45) is 0 Å². The number of carbonyl (C=O) groups excluding carboxylic acids is 1. The number of hydrogen-bond donors (Lipinski definition) is 2. The molecule has 1 aliphatic carbocycles. The molecule has 0 radical (unpaired) electrons. The van der Waals surface area contributed by atoms with Gasteiger partial charge in [0.2, 0.25) is 6.10 Å². The fraction of sp³-hybridized carbons (Fsp3) is 0.526. The van der Waals surface area contributed by atoms with Crippen LogP contribution in [0.2, 0.25) is 0 Å². The van der Waals surface area contributed by atoms with Crippen LogP contribution in [0.4, 0.5) is 28.2 Å². The number of hydrogen-bond acceptors (Lipinski definition) is 5. The molecule has 5 rings (SSSR count). The fourth-order valence-corrected chi connectivity index (χ4v) is 4.60. The summed E-state index contributed by atoms with van der Waals surface area (Å²) in [6, 6.07) is 0.984. The minimum Gasteiger partial charge on any atom is -0.431 e. The van der Waals surface area contributed by atoms with Crippen molar-refractivity contribution in [1.29, 1.82) is 0 Å². The first kappa shape index (κ1) is 19.3. The number of amides is 1. The van der Waals surface area contributed by atoms with Gasteiger partial charge in [-0.3, -0.25) is 10.00 Å². The van der Waals surface area contributed by atoms with Crippen LogP contribution in [0, 0.1) is 0 Å². The Kier molecular flexibility index (Phi) is 4.46. The van der Waals surface area contributed by atoms with E-state index in [9.17, 15) is 22.4 Å². The Morgan fingerprint density at radius 3 is 2.87 bits per heavy atom. The van der Waals surface area contributed by atoms with Crippen LogP contribution >= 0.6 is 0 Å². The van der Waals surface area contributed by atoms with Gasteiger partial charge in [0.25, 0.3) is 0 Å². The predicted molar refractivity (Wildman–Crippen MR) is 97.8 cm³/mol. The molecule has 0 saturated carbocycles. The number of nitrogens with zero attached hydrogens (tertiary/aromatic N) is 3. The third-order valence-corrected chi connectivity index (χ3v) is 5.90. The van der Waals surface area contributed by atoms with Crippen LogP contribution in [-0.4, -0.2) is 46.3 Å². The number of anilines is 1. The number of pyridine rings is 1. The zero-order chi connectivity index (χ0) is 21.0. The van der Waals surface area contributed by atoms with Gasteiger partial charge in [-0.05, 0) is 38.3 Å². The molecule has 2 aliphatic heterocycles. The van der Waals surface area contributed by atoms with E-state index >= 15 is 0 Å². The van der Waals surface area contributed by atoms with Gasteiger partial charge in [0.1, 0.15) is 12.0 Å². The summed E-state index contributed by atoms with van der Waals surface area (Å²) in [7, 11) is 0. The number of piperidine rings is 1. The minimum absolute atomic E-state index is 0.197. The maximum Gasteiger partial charge on any atom is 0.430 e. The van der Waals surface area contributed by atoms with Gasteiger partial charge in [0, 0.05) is 29.6 Å². The second kappa shape index (κ2) is 6.93. The molecule has 0 spiro atoms. The molecule has 0 aromatic carbocycles. The fourth-order valence-electron chi connectivity index (χ4n) is 4.60. The Morgan fingerprint density at radius 2 is 2.10 bits per heavy atom. The smallest absolute Gasteiger partial charge is 0.430 e. The number of carbonyl (C=O) groups is 1. The number of fused-ring (bicyclic) bond motifs is 2. The van der Waals surface area contributed by atoms with Crippen molar-refractivity contribution in [3.63, 3.8) is 0 Å². The van der Waals surface area contributed by atoms with Crippen LogP contribution in [0.15, 0.2) is 12.3 Å². The topological polar surface area (TPSA) is 81.1 Å². The minimum atomic E-state index is -4.81. The summed E-state index contributed by atoms with van der Waals surface area (Å²) < 4.78 is 61.9. The molecule has 3 aliphatic rings. The van der Waals surface area contributed by atoms with Crippen LogP contribution in [-0.2, 0) is 17.6 Å². The Labute approximate surface area is 168 Å². The highest BCUT2D eigenvalue weighted by Crippen LogP contribution is 2.47. The quantitative estimate of drug-likeness (QED) is 0.721. The molecule has 4 heterocycles. The van der Waals surface area contributed by atoms with E-state index in [4.69, 9.17) is 0 Å². The lowest BCUT2D eigenvalue weighted by molar-refractivity contribution is -0.206. The Balaban J connectivity index is 1.67. The zero-order valence-electron chi connectivity index (χ0n) is 15.8. The monoisotopic (exact) mass is 425 g/mol. The molecular formula is C19H19F4N5O2. The number of cyclic esters (lactones) is 1. The van der Waals surface area contributed by atoms with Crippen molar-refractivity contribution in [3.8, 4) is 11.3 Å². The molecule has 30 heavy (non-hydrogen) atoms. The van der Waals surface area contributed by atoms with E-state index in [0.29, 0.717) is 31.5 Å². The molecular weight excluding hydrogens is 406 g/mol. The van der Waals surface area contributed by atoms with Crippen molar-refractivity contribution in [1.82, 2.24) is 20.1 Å². The zero-order valence-corrected chi connectivity index (χ0v) is 15.8. The van der Waals surface area contributed by atoms with Gasteiger partial charge in [0.15, 0.2) is 0 Å². The Bertz CT molecular complexity index is 1010. The molecule has 3 atom stereocenters. The number of alkyl halides is 4. The first-order valence-corrected chi connectivity index (χ1v) is 9.83. The summed E-state index contributed by atoms with van der Waals surface area (Å²) in [6.45, 7) is 0.866. The number of halogens is 4. The molecule has 160 valence electrons. The van der Waals surface area contributed by atoms with Gasteiger partial charge < -0.3 is 10.1 Å². The Hall–Kier alpha value is -2.69. The Morgan fingerprint density at radius 1 is 1.27 bits per heavy atom. The van der Waals surface area contributed by atoms with Crippen molar-refractivity contribution in [3.05, 3.63) is 29.1 Å². The number of rotatable bonds is 2. The van der Waals surface area contributed by atoms with E-state index in [0.717, 1.165) is 17.7 Å². The lowest BCUT2D eigenvalue weighted by atomic mass is 9.97. The van der Waals surface area contributed by atoms with Crippen LogP contribution in [0.5, 0.6) is 0 Å². The van der Waals surface area contributed by atoms with Crippen LogP contribution in [0.1, 0.15) is 41.8 Å². The highest BCUT2D eigenvalue weighted by molar-refractivity contribution is 5.89. The normalized spacial score (nSPS) is 26.0. The van der Waals surface area contributed by atoms with E-state index < -0.39 is 30.6 Å². The van der Waals surface area contributed by atoms with Gasteiger partial charge in [0.05, 0.1) is 17.3 Å². The number of aromatic nitrogens is 3. The molecule has 0 unspecified atom stereocenters. The molecule has 1 saturated heterocycles. The van der Waals surface area contributed by atoms with Gasteiger partial charge in [-0.1, -0.05) is 0 Å². The van der Waals surface area contributed by atoms with E-state index in [1.807, 2.05) is 0 Å². The van der Waals surface area contributed by atoms with Gasteiger partial charge in [-0.25, -0.2) is 14.2 Å². The highest BCUT2D eigenvalue weighted by atomic mass is 19.4. The molecule has 7 nitrogen and oxygen atoms in total. The highest BCUT2D eigenvalue weighted by Gasteiger charge is 2.49. The van der Waals surface area contributed by atoms with Gasteiger partial charge in [-0.15, -0.1) is 0 Å². The molecule has 0 bridgehead atoms. The second-order valence-electron chi connectivity index (χ2n) is 7.72. The largest absolute Gasteiger partial charge is 0.431 e. The van der Waals surface area contributed by atoms with Gasteiger partial charge >= 0.3 is 12.3 Å². The van der Waals surface area contributed by atoms with Crippen LogP contribution < -0.4 is 10.6 Å². The van der Waals surface area contributed by atoms with E-state index in [2.05, 4.69) is 25.5 Å². The van der Waals surface area contributed by atoms with Gasteiger partial charge in [-0.2, -0.15) is 18.3 Å². The van der Waals surface area contributed by atoms with Crippen LogP contribution in [0.25, 0.3) is 11.3 Å². The molecule has 2 N–H and O–H groups in total. The lowest BCUT2D eigenvalue weighted by Crippen LogP contribution is -2.40. The van der Waals surface area contributed by atoms with E-state index in [-0.39, 0.29) is 23.5 Å². The summed E-state index contributed by atoms with van der Waals surface area (Å²) in [4.78, 5) is 15.5. The molecule has 2 aromatic heterocycles. The first-order chi connectivity index (χ1) is 14.3. The average molecular weight is 425 g/mol. The van der Waals surface area contributed by atoms with E-state index in [1.54, 1.807) is 4.68 Å². The SMILES string of the molecule is O=C1Nc2nccc(-c3nn([C@H]4CCNC[C@H]4F)c4c3CCC4)c2[C@H](C(F)(F)F)O1. The van der Waals surface area contributed by atoms with E-state index in [1.165, 1.54) is 12.3 Å². The van der Waals surface area contributed by atoms with Crippen molar-refractivity contribution in [2.45, 2.75) is 50.2 Å². The maximum absolute atomic E-state index is 14.6. The molecule has 1 amide bonds. The summed E-state index contributed by atoms with van der Waals surface area (Å²) in [5.41, 5.74) is 2.00. The standard InChI is InChI=1S/C19H19F4N5O2/c20-11-8-24-6-5-13(11)28-12-3-1-2-9(12)15(27-28)10-4-7-25-17-14(10)16(19(21,22)23)30-18(29)26-17/h4,7,11,13,16,24H,1-3,5-6,8H2,(H,25,26,29)/t11-,13+,16-/m1/s1. The summed E-state index contributed by atoms with van der Waals surface area (Å²) >= 11 is 0.